The van der Waals surface area contributed by atoms with Gasteiger partial charge in [0.05, 0.1) is 5.56 Å². The van der Waals surface area contributed by atoms with Crippen LogP contribution in [0.4, 0.5) is 0 Å². The van der Waals surface area contributed by atoms with E-state index in [2.05, 4.69) is 0 Å². The number of nitrogens with zero attached hydrogens (tertiary/aromatic N) is 1. The molecule has 0 saturated carbocycles. The van der Waals surface area contributed by atoms with E-state index < -0.39 is 0 Å². The average molecular weight is 222 g/mol. The number of ketones is 1. The first-order chi connectivity index (χ1) is 7.47. The van der Waals surface area contributed by atoms with Crippen LogP contribution < -0.4 is 11.3 Å². The number of Topliss-reactive ketones (excluding diaryl/α,β-unsaturated/α-hetero) is 1. The molecule has 2 N–H and O–H groups in total. The van der Waals surface area contributed by atoms with Gasteiger partial charge in [0.25, 0.3) is 5.56 Å². The molecule has 0 aromatic carbocycles. The summed E-state index contributed by atoms with van der Waals surface area (Å²) in [6.45, 7) is 5.67. The van der Waals surface area contributed by atoms with Crippen LogP contribution in [0.5, 0.6) is 0 Å². The number of hydrogen-bond acceptors (Lipinski definition) is 3. The van der Waals surface area contributed by atoms with Gasteiger partial charge < -0.3 is 10.3 Å². The van der Waals surface area contributed by atoms with Gasteiger partial charge in [0.1, 0.15) is 0 Å². The summed E-state index contributed by atoms with van der Waals surface area (Å²) >= 11 is 0. The summed E-state index contributed by atoms with van der Waals surface area (Å²) in [6.07, 6.45) is 0.802. The van der Waals surface area contributed by atoms with Crippen molar-refractivity contribution < 1.29 is 4.79 Å². The molecule has 0 aliphatic carbocycles. The van der Waals surface area contributed by atoms with E-state index in [1.807, 2.05) is 13.8 Å². The van der Waals surface area contributed by atoms with Crippen molar-refractivity contribution in [2.45, 2.75) is 39.8 Å². The molecule has 0 aliphatic rings. The van der Waals surface area contributed by atoms with Gasteiger partial charge in [0.15, 0.2) is 5.78 Å². The van der Waals surface area contributed by atoms with Crippen LogP contribution in [0.15, 0.2) is 16.9 Å². The topological polar surface area (TPSA) is 65.1 Å². The zero-order valence-electron chi connectivity index (χ0n) is 9.99. The van der Waals surface area contributed by atoms with Gasteiger partial charge >= 0.3 is 0 Å². The van der Waals surface area contributed by atoms with Crippen molar-refractivity contribution in [3.63, 3.8) is 0 Å². The quantitative estimate of drug-likeness (QED) is 0.776. The van der Waals surface area contributed by atoms with Crippen molar-refractivity contribution >= 4 is 5.78 Å². The second-order valence-electron chi connectivity index (χ2n) is 4.03. The van der Waals surface area contributed by atoms with E-state index in [4.69, 9.17) is 5.73 Å². The second kappa shape index (κ2) is 5.07. The number of carbonyl (C=O) groups excluding carboxylic acids is 1. The first-order valence-corrected chi connectivity index (χ1v) is 5.44. The van der Waals surface area contributed by atoms with Gasteiger partial charge in [-0.2, -0.15) is 0 Å². The Labute approximate surface area is 95.1 Å². The molecular formula is C12H18N2O2. The highest BCUT2D eigenvalue weighted by molar-refractivity contribution is 5.93. The molecular weight excluding hydrogens is 204 g/mol. The third-order valence-corrected chi connectivity index (χ3v) is 2.71. The summed E-state index contributed by atoms with van der Waals surface area (Å²) in [7, 11) is 0. The van der Waals surface area contributed by atoms with E-state index in [1.54, 1.807) is 16.7 Å². The monoisotopic (exact) mass is 222 g/mol. The fourth-order valence-corrected chi connectivity index (χ4v) is 1.53. The highest BCUT2D eigenvalue weighted by Gasteiger charge is 2.11. The molecule has 88 valence electrons. The molecule has 0 saturated heterocycles. The molecule has 4 heteroatoms. The summed E-state index contributed by atoms with van der Waals surface area (Å²) in [5.74, 6) is -0.205. The Morgan fingerprint density at radius 1 is 1.50 bits per heavy atom. The van der Waals surface area contributed by atoms with Crippen molar-refractivity contribution in [3.05, 3.63) is 33.7 Å². The normalized spacial score (nSPS) is 12.5. The molecule has 1 aromatic rings. The Bertz CT molecular complexity index is 449. The summed E-state index contributed by atoms with van der Waals surface area (Å²) in [5, 5.41) is 0. The lowest BCUT2D eigenvalue weighted by atomic mass is 10.1. The Balaban J connectivity index is 3.22. The summed E-state index contributed by atoms with van der Waals surface area (Å²) in [6, 6.07) is 3.30. The van der Waals surface area contributed by atoms with E-state index in [1.165, 1.54) is 6.92 Å². The van der Waals surface area contributed by atoms with Gasteiger partial charge in [0.2, 0.25) is 0 Å². The fourth-order valence-electron chi connectivity index (χ4n) is 1.53. The predicted molar refractivity (Wildman–Crippen MR) is 63.7 cm³/mol. The minimum Gasteiger partial charge on any atom is -0.326 e. The van der Waals surface area contributed by atoms with Crippen LogP contribution in [0.25, 0.3) is 0 Å². The summed E-state index contributed by atoms with van der Waals surface area (Å²) in [5.41, 5.74) is 6.65. The maximum atomic E-state index is 12.0. The van der Waals surface area contributed by atoms with E-state index in [-0.39, 0.29) is 22.9 Å². The molecule has 0 fully saturated rings. The minimum absolute atomic E-state index is 0.0568. The zero-order valence-corrected chi connectivity index (χ0v) is 9.99. The van der Waals surface area contributed by atoms with Crippen LogP contribution in [-0.4, -0.2) is 16.4 Å². The lowest BCUT2D eigenvalue weighted by Gasteiger charge is -2.15. The lowest BCUT2D eigenvalue weighted by Crippen LogP contribution is -2.34. The molecule has 0 aliphatic heterocycles. The van der Waals surface area contributed by atoms with Crippen LogP contribution in [-0.2, 0) is 6.54 Å². The maximum absolute atomic E-state index is 12.0. The molecule has 0 bridgehead atoms. The van der Waals surface area contributed by atoms with Gasteiger partial charge in [-0.1, -0.05) is 6.92 Å². The Hall–Kier alpha value is -1.42. The summed E-state index contributed by atoms with van der Waals surface area (Å²) in [4.78, 5) is 23.2. The van der Waals surface area contributed by atoms with Crippen LogP contribution in [0.3, 0.4) is 0 Å². The number of hydrogen-bond donors (Lipinski definition) is 1. The van der Waals surface area contributed by atoms with Crippen molar-refractivity contribution in [1.29, 1.82) is 0 Å². The van der Waals surface area contributed by atoms with Crippen molar-refractivity contribution in [2.75, 3.05) is 0 Å². The van der Waals surface area contributed by atoms with Crippen LogP contribution in [0, 0.1) is 6.92 Å². The van der Waals surface area contributed by atoms with Crippen LogP contribution in [0.1, 0.15) is 36.3 Å². The molecule has 1 aromatic heterocycles. The number of nitrogens with two attached hydrogens (primary N) is 1. The molecule has 1 atom stereocenters. The molecule has 1 heterocycles. The standard InChI is InChI=1S/C12H18N2O2/c1-4-10(13)7-14-8(2)5-6-11(9(3)15)12(14)16/h5-6,10H,4,7,13H2,1-3H3. The van der Waals surface area contributed by atoms with Crippen molar-refractivity contribution in [2.24, 2.45) is 5.73 Å². The zero-order chi connectivity index (χ0) is 12.3. The predicted octanol–water partition coefficient (Wildman–Crippen LogP) is 1.10. The number of aromatic nitrogens is 1. The molecule has 4 nitrogen and oxygen atoms in total. The number of aryl methyl sites for hydroxylation is 1. The first-order valence-electron chi connectivity index (χ1n) is 5.44. The molecule has 1 rings (SSSR count). The average Bonchev–Trinajstić information content (AvgIpc) is 2.23. The number of carbonyl (C=O) groups is 1. The van der Waals surface area contributed by atoms with Gasteiger partial charge in [-0.25, -0.2) is 0 Å². The Morgan fingerprint density at radius 3 is 2.62 bits per heavy atom. The third kappa shape index (κ3) is 2.58. The van der Waals surface area contributed by atoms with Crippen molar-refractivity contribution in [3.8, 4) is 0 Å². The molecule has 0 radical (unpaired) electrons. The first kappa shape index (κ1) is 12.6. The highest BCUT2D eigenvalue weighted by atomic mass is 16.1. The van der Waals surface area contributed by atoms with E-state index in [9.17, 15) is 9.59 Å². The fraction of sp³-hybridized carbons (Fsp3) is 0.500. The third-order valence-electron chi connectivity index (χ3n) is 2.71. The van der Waals surface area contributed by atoms with Crippen molar-refractivity contribution in [1.82, 2.24) is 4.57 Å². The molecule has 16 heavy (non-hydrogen) atoms. The van der Waals surface area contributed by atoms with Gasteiger partial charge in [0, 0.05) is 18.3 Å². The maximum Gasteiger partial charge on any atom is 0.261 e. The lowest BCUT2D eigenvalue weighted by molar-refractivity contribution is 0.101. The van der Waals surface area contributed by atoms with Crippen LogP contribution >= 0.6 is 0 Å². The van der Waals surface area contributed by atoms with Crippen LogP contribution in [0.2, 0.25) is 0 Å². The Morgan fingerprint density at radius 2 is 2.12 bits per heavy atom. The molecule has 0 amide bonds. The van der Waals surface area contributed by atoms with E-state index >= 15 is 0 Å². The highest BCUT2D eigenvalue weighted by Crippen LogP contribution is 2.01. The van der Waals surface area contributed by atoms with Gasteiger partial charge in [-0.3, -0.25) is 9.59 Å². The van der Waals surface area contributed by atoms with E-state index in [0.29, 0.717) is 6.54 Å². The number of pyridine rings is 1. The second-order valence-corrected chi connectivity index (χ2v) is 4.03. The minimum atomic E-state index is -0.239. The molecule has 1 unspecified atom stereocenters. The van der Waals surface area contributed by atoms with E-state index in [0.717, 1.165) is 12.1 Å². The SMILES string of the molecule is CCC(N)Cn1c(C)ccc(C(C)=O)c1=O. The largest absolute Gasteiger partial charge is 0.326 e. The molecule has 0 spiro atoms. The Kier molecular flexibility index (Phi) is 4.01. The van der Waals surface area contributed by atoms with Gasteiger partial charge in [-0.15, -0.1) is 0 Å². The summed E-state index contributed by atoms with van der Waals surface area (Å²) < 4.78 is 1.57. The number of rotatable bonds is 4. The van der Waals surface area contributed by atoms with Gasteiger partial charge in [-0.05, 0) is 32.4 Å². The smallest absolute Gasteiger partial charge is 0.261 e.